The smallest absolute Gasteiger partial charge is 0.222 e. The van der Waals surface area contributed by atoms with E-state index in [9.17, 15) is 9.90 Å². The third kappa shape index (κ3) is 3.56. The Hall–Kier alpha value is -3.53. The van der Waals surface area contributed by atoms with Gasteiger partial charge in [0, 0.05) is 13.0 Å². The molecule has 1 aromatic carbocycles. The van der Waals surface area contributed by atoms with Crippen molar-refractivity contribution in [3.05, 3.63) is 42.7 Å². The molecule has 0 aliphatic heterocycles. The summed E-state index contributed by atoms with van der Waals surface area (Å²) in [6.45, 7) is 2.48. The molecule has 32 heavy (non-hydrogen) atoms. The average molecular weight is 435 g/mol. The predicted molar refractivity (Wildman–Crippen MR) is 120 cm³/mol. The highest BCUT2D eigenvalue weighted by atomic mass is 16.3. The van der Waals surface area contributed by atoms with Gasteiger partial charge in [0.1, 0.15) is 17.7 Å². The predicted octanol–water partition coefficient (Wildman–Crippen LogP) is 1.73. The van der Waals surface area contributed by atoms with Crippen molar-refractivity contribution < 1.29 is 9.90 Å². The van der Waals surface area contributed by atoms with Crippen LogP contribution in [0, 0.1) is 6.92 Å². The zero-order valence-corrected chi connectivity index (χ0v) is 17.8. The van der Waals surface area contributed by atoms with Gasteiger partial charge in [0.25, 0.3) is 0 Å². The van der Waals surface area contributed by atoms with E-state index in [0.29, 0.717) is 29.9 Å². The van der Waals surface area contributed by atoms with Crippen molar-refractivity contribution >= 4 is 33.9 Å². The van der Waals surface area contributed by atoms with Gasteiger partial charge >= 0.3 is 0 Å². The quantitative estimate of drug-likeness (QED) is 0.435. The van der Waals surface area contributed by atoms with E-state index in [2.05, 4.69) is 29.8 Å². The molecule has 0 radical (unpaired) electrons. The Morgan fingerprint density at radius 3 is 2.97 bits per heavy atom. The normalized spacial score (nSPS) is 21.2. The fraction of sp³-hybridized carbons (Fsp3) is 0.409. The molecular formula is C22H26N8O2. The third-order valence-electron chi connectivity index (χ3n) is 6.32. The van der Waals surface area contributed by atoms with Gasteiger partial charge in [0.15, 0.2) is 11.5 Å². The Kier molecular flexibility index (Phi) is 5.22. The first kappa shape index (κ1) is 20.4. The number of benzene rings is 1. The standard InChI is InChI=1S/C22H26N8O2/c1-13-27-14-5-2-3-7-16(14)29(13)10-9-18(31)28-15-6-4-8-17(20(15)32)30-12-26-19-21(23)24-11-25-22(19)30/h2-3,5,7,11-12,15,17,20,32H,4,6,8-10H2,1H3,(H,28,31)(H2,23,24,25)/t15-,17-,20-/m0/s1. The summed E-state index contributed by atoms with van der Waals surface area (Å²) in [4.78, 5) is 29.9. The number of carbonyl (C=O) groups is 1. The Morgan fingerprint density at radius 2 is 2.09 bits per heavy atom. The molecule has 4 N–H and O–H groups in total. The molecule has 1 saturated carbocycles. The molecule has 3 aromatic heterocycles. The third-order valence-corrected chi connectivity index (χ3v) is 6.32. The number of aryl methyl sites for hydroxylation is 2. The highest BCUT2D eigenvalue weighted by molar-refractivity contribution is 5.81. The number of imidazole rings is 2. The fourth-order valence-electron chi connectivity index (χ4n) is 4.70. The van der Waals surface area contributed by atoms with E-state index >= 15 is 0 Å². The number of aliphatic hydroxyl groups excluding tert-OH is 1. The first-order chi connectivity index (χ1) is 15.5. The summed E-state index contributed by atoms with van der Waals surface area (Å²) < 4.78 is 3.90. The molecule has 1 aliphatic rings. The van der Waals surface area contributed by atoms with Crippen LogP contribution in [0.3, 0.4) is 0 Å². The van der Waals surface area contributed by atoms with E-state index in [4.69, 9.17) is 5.73 Å². The number of aliphatic hydroxyl groups is 1. The molecule has 10 heteroatoms. The van der Waals surface area contributed by atoms with Gasteiger partial charge in [-0.25, -0.2) is 19.9 Å². The van der Waals surface area contributed by atoms with Gasteiger partial charge in [0.2, 0.25) is 5.91 Å². The van der Waals surface area contributed by atoms with Crippen molar-refractivity contribution in [1.82, 2.24) is 34.4 Å². The van der Waals surface area contributed by atoms with E-state index in [1.165, 1.54) is 6.33 Å². The minimum Gasteiger partial charge on any atom is -0.389 e. The Balaban J connectivity index is 1.27. The lowest BCUT2D eigenvalue weighted by Crippen LogP contribution is -2.49. The molecule has 166 valence electrons. The summed E-state index contributed by atoms with van der Waals surface area (Å²) in [5.41, 5.74) is 8.95. The van der Waals surface area contributed by atoms with Gasteiger partial charge in [0.05, 0.1) is 35.5 Å². The Bertz CT molecular complexity index is 1280. The molecule has 4 aromatic rings. The number of nitrogens with two attached hydrogens (primary N) is 1. The van der Waals surface area contributed by atoms with Crippen LogP contribution in [0.25, 0.3) is 22.2 Å². The number of hydrogen-bond acceptors (Lipinski definition) is 7. The number of fused-ring (bicyclic) bond motifs is 2. The number of anilines is 1. The molecule has 0 spiro atoms. The maximum Gasteiger partial charge on any atom is 0.222 e. The lowest BCUT2D eigenvalue weighted by molar-refractivity contribution is -0.123. The summed E-state index contributed by atoms with van der Waals surface area (Å²) in [7, 11) is 0. The lowest BCUT2D eigenvalue weighted by atomic mass is 9.87. The van der Waals surface area contributed by atoms with Gasteiger partial charge < -0.3 is 25.3 Å². The number of nitrogens with one attached hydrogen (secondary N) is 1. The van der Waals surface area contributed by atoms with Gasteiger partial charge in [-0.15, -0.1) is 0 Å². The van der Waals surface area contributed by atoms with Gasteiger partial charge in [-0.1, -0.05) is 12.1 Å². The highest BCUT2D eigenvalue weighted by Gasteiger charge is 2.35. The van der Waals surface area contributed by atoms with Crippen molar-refractivity contribution in [3.63, 3.8) is 0 Å². The highest BCUT2D eigenvalue weighted by Crippen LogP contribution is 2.31. The Morgan fingerprint density at radius 1 is 1.25 bits per heavy atom. The van der Waals surface area contributed by atoms with Gasteiger partial charge in [-0.3, -0.25) is 4.79 Å². The second kappa shape index (κ2) is 8.19. The van der Waals surface area contributed by atoms with Crippen LogP contribution in [-0.4, -0.2) is 52.2 Å². The minimum absolute atomic E-state index is 0.0889. The van der Waals surface area contributed by atoms with Crippen LogP contribution < -0.4 is 11.1 Å². The summed E-state index contributed by atoms with van der Waals surface area (Å²) in [5, 5.41) is 14.1. The molecule has 3 atom stereocenters. The van der Waals surface area contributed by atoms with E-state index in [-0.39, 0.29) is 18.0 Å². The van der Waals surface area contributed by atoms with Crippen LogP contribution in [0.15, 0.2) is 36.9 Å². The van der Waals surface area contributed by atoms with Crippen LogP contribution in [0.1, 0.15) is 37.5 Å². The molecule has 0 bridgehead atoms. The number of nitrogens with zero attached hydrogens (tertiary/aromatic N) is 6. The van der Waals surface area contributed by atoms with Crippen LogP contribution in [0.4, 0.5) is 5.82 Å². The number of amides is 1. The molecule has 0 unspecified atom stereocenters. The summed E-state index contributed by atoms with van der Waals surface area (Å²) in [5.74, 6) is 1.10. The largest absolute Gasteiger partial charge is 0.389 e. The van der Waals surface area contributed by atoms with Crippen molar-refractivity contribution in [2.24, 2.45) is 0 Å². The van der Waals surface area contributed by atoms with Crippen LogP contribution in [0.2, 0.25) is 0 Å². The summed E-state index contributed by atoms with van der Waals surface area (Å²) >= 11 is 0. The SMILES string of the molecule is Cc1nc2ccccc2n1CCC(=O)N[C@H]1CCC[C@H](n2cnc3c(N)ncnc32)[C@H]1O. The van der Waals surface area contributed by atoms with Crippen molar-refractivity contribution in [3.8, 4) is 0 Å². The van der Waals surface area contributed by atoms with Crippen molar-refractivity contribution in [2.45, 2.75) is 57.3 Å². The van der Waals surface area contributed by atoms with Crippen molar-refractivity contribution in [1.29, 1.82) is 0 Å². The zero-order valence-electron chi connectivity index (χ0n) is 17.8. The monoisotopic (exact) mass is 434 g/mol. The molecule has 1 amide bonds. The van der Waals surface area contributed by atoms with Gasteiger partial charge in [-0.05, 0) is 38.3 Å². The number of carbonyl (C=O) groups excluding carboxylic acids is 1. The molecule has 10 nitrogen and oxygen atoms in total. The lowest BCUT2D eigenvalue weighted by Gasteiger charge is -2.36. The summed E-state index contributed by atoms with van der Waals surface area (Å²) in [6, 6.07) is 7.32. The zero-order chi connectivity index (χ0) is 22.2. The molecule has 1 aliphatic carbocycles. The van der Waals surface area contributed by atoms with Gasteiger partial charge in [-0.2, -0.15) is 0 Å². The average Bonchev–Trinajstić information content (AvgIpc) is 3.35. The second-order valence-electron chi connectivity index (χ2n) is 8.30. The Labute approximate surface area is 184 Å². The summed E-state index contributed by atoms with van der Waals surface area (Å²) in [6.07, 6.45) is 4.96. The van der Waals surface area contributed by atoms with E-state index < -0.39 is 6.10 Å². The fourth-order valence-corrected chi connectivity index (χ4v) is 4.70. The molecular weight excluding hydrogens is 408 g/mol. The van der Waals surface area contributed by atoms with Crippen LogP contribution in [-0.2, 0) is 11.3 Å². The number of nitrogen functional groups attached to an aromatic ring is 1. The van der Waals surface area contributed by atoms with Crippen LogP contribution >= 0.6 is 0 Å². The molecule has 5 rings (SSSR count). The first-order valence-electron chi connectivity index (χ1n) is 10.8. The van der Waals surface area contributed by atoms with E-state index in [0.717, 1.165) is 36.1 Å². The van der Waals surface area contributed by atoms with E-state index in [1.807, 2.05) is 35.8 Å². The number of hydrogen-bond donors (Lipinski definition) is 3. The number of aromatic nitrogens is 6. The number of para-hydroxylation sites is 2. The second-order valence-corrected chi connectivity index (χ2v) is 8.30. The van der Waals surface area contributed by atoms with E-state index in [1.54, 1.807) is 6.33 Å². The van der Waals surface area contributed by atoms with Crippen molar-refractivity contribution in [2.75, 3.05) is 5.73 Å². The first-order valence-corrected chi connectivity index (χ1v) is 10.8. The molecule has 0 saturated heterocycles. The maximum absolute atomic E-state index is 12.7. The minimum atomic E-state index is -0.753. The molecule has 1 fully saturated rings. The maximum atomic E-state index is 12.7. The number of rotatable bonds is 5. The molecule has 3 heterocycles. The topological polar surface area (TPSA) is 137 Å². The van der Waals surface area contributed by atoms with Crippen LogP contribution in [0.5, 0.6) is 0 Å².